The fourth-order valence-corrected chi connectivity index (χ4v) is 2.29. The lowest BCUT2D eigenvalue weighted by Crippen LogP contribution is -2.11. The molecule has 1 unspecified atom stereocenters. The summed E-state index contributed by atoms with van der Waals surface area (Å²) in [6.07, 6.45) is 0. The third kappa shape index (κ3) is 3.36. The molecule has 2 N–H and O–H groups in total. The molecule has 2 nitrogen and oxygen atoms in total. The van der Waals surface area contributed by atoms with Gasteiger partial charge in [-0.25, -0.2) is 4.39 Å². The molecule has 14 heavy (non-hydrogen) atoms. The molecule has 0 aliphatic rings. The minimum atomic E-state index is -1.07. The van der Waals surface area contributed by atoms with E-state index in [1.807, 2.05) is 0 Å². The van der Waals surface area contributed by atoms with Gasteiger partial charge in [-0.3, -0.25) is 4.21 Å². The highest BCUT2D eigenvalue weighted by molar-refractivity contribution is 7.84. The molecule has 78 valence electrons. The van der Waals surface area contributed by atoms with Crippen LogP contribution in [0.15, 0.2) is 18.2 Å². The van der Waals surface area contributed by atoms with Crippen LogP contribution in [0.4, 0.5) is 4.39 Å². The highest BCUT2D eigenvalue weighted by Crippen LogP contribution is 2.18. The maximum Gasteiger partial charge on any atom is 0.123 e. The van der Waals surface area contributed by atoms with Crippen LogP contribution in [0.2, 0.25) is 5.02 Å². The van der Waals surface area contributed by atoms with Crippen molar-refractivity contribution in [3.8, 4) is 0 Å². The molecular formula is C9H11ClFNOS. The third-order valence-electron chi connectivity index (χ3n) is 1.67. The van der Waals surface area contributed by atoms with Crippen molar-refractivity contribution in [2.45, 2.75) is 5.75 Å². The minimum Gasteiger partial charge on any atom is -0.330 e. The van der Waals surface area contributed by atoms with Gasteiger partial charge in [-0.1, -0.05) is 11.6 Å². The molecule has 0 saturated heterocycles. The van der Waals surface area contributed by atoms with Crippen LogP contribution in [0.3, 0.4) is 0 Å². The van der Waals surface area contributed by atoms with Crippen molar-refractivity contribution in [3.05, 3.63) is 34.6 Å². The van der Waals surface area contributed by atoms with E-state index >= 15 is 0 Å². The lowest BCUT2D eigenvalue weighted by atomic mass is 10.2. The molecular weight excluding hydrogens is 225 g/mol. The second-order valence-electron chi connectivity index (χ2n) is 2.81. The van der Waals surface area contributed by atoms with E-state index in [1.54, 1.807) is 0 Å². The predicted octanol–water partition coefficient (Wildman–Crippen LogP) is 1.69. The Hall–Kier alpha value is -0.450. The second-order valence-corrected chi connectivity index (χ2v) is 4.80. The van der Waals surface area contributed by atoms with Gasteiger partial charge < -0.3 is 5.73 Å². The molecule has 1 aromatic carbocycles. The Kier molecular flexibility index (Phi) is 4.51. The summed E-state index contributed by atoms with van der Waals surface area (Å²) in [5, 5.41) is 0.441. The predicted molar refractivity (Wildman–Crippen MR) is 57.2 cm³/mol. The van der Waals surface area contributed by atoms with E-state index in [4.69, 9.17) is 17.3 Å². The largest absolute Gasteiger partial charge is 0.330 e. The fraction of sp³-hybridized carbons (Fsp3) is 0.333. The van der Waals surface area contributed by atoms with Crippen LogP contribution in [0.5, 0.6) is 0 Å². The molecule has 0 bridgehead atoms. The summed E-state index contributed by atoms with van der Waals surface area (Å²) in [7, 11) is -1.07. The third-order valence-corrected chi connectivity index (χ3v) is 3.36. The van der Waals surface area contributed by atoms with Crippen LogP contribution < -0.4 is 5.73 Å². The Morgan fingerprint density at radius 3 is 2.86 bits per heavy atom. The van der Waals surface area contributed by atoms with Crippen molar-refractivity contribution < 1.29 is 8.60 Å². The number of rotatable bonds is 4. The van der Waals surface area contributed by atoms with Gasteiger partial charge in [0.25, 0.3) is 0 Å². The Morgan fingerprint density at radius 2 is 2.21 bits per heavy atom. The first-order chi connectivity index (χ1) is 6.63. The van der Waals surface area contributed by atoms with Crippen LogP contribution in [-0.4, -0.2) is 16.5 Å². The zero-order valence-corrected chi connectivity index (χ0v) is 9.08. The van der Waals surface area contributed by atoms with E-state index in [0.717, 1.165) is 0 Å². The van der Waals surface area contributed by atoms with Gasteiger partial charge in [-0.15, -0.1) is 0 Å². The summed E-state index contributed by atoms with van der Waals surface area (Å²) in [6, 6.07) is 4.04. The zero-order chi connectivity index (χ0) is 10.6. The number of halogens is 2. The first kappa shape index (κ1) is 11.6. The lowest BCUT2D eigenvalue weighted by Gasteiger charge is -2.03. The SMILES string of the molecule is NCCS(=O)Cc1cc(F)ccc1Cl. The number of hydrogen-bond donors (Lipinski definition) is 1. The van der Waals surface area contributed by atoms with Gasteiger partial charge >= 0.3 is 0 Å². The summed E-state index contributed by atoms with van der Waals surface area (Å²) in [5.41, 5.74) is 5.82. The van der Waals surface area contributed by atoms with E-state index in [1.165, 1.54) is 18.2 Å². The monoisotopic (exact) mass is 235 g/mol. The van der Waals surface area contributed by atoms with Crippen LogP contribution >= 0.6 is 11.6 Å². The van der Waals surface area contributed by atoms with Crippen LogP contribution in [0, 0.1) is 5.82 Å². The van der Waals surface area contributed by atoms with Crippen molar-refractivity contribution in [1.82, 2.24) is 0 Å². The number of nitrogens with two attached hydrogens (primary N) is 1. The molecule has 0 saturated carbocycles. The first-order valence-electron chi connectivity index (χ1n) is 4.12. The molecule has 1 rings (SSSR count). The van der Waals surface area contributed by atoms with Gasteiger partial charge in [0.05, 0.1) is 5.75 Å². The quantitative estimate of drug-likeness (QED) is 0.863. The molecule has 0 amide bonds. The van der Waals surface area contributed by atoms with Gasteiger partial charge in [-0.2, -0.15) is 0 Å². The smallest absolute Gasteiger partial charge is 0.123 e. The molecule has 0 radical (unpaired) electrons. The molecule has 0 aliphatic heterocycles. The highest BCUT2D eigenvalue weighted by atomic mass is 35.5. The Bertz CT molecular complexity index is 346. The van der Waals surface area contributed by atoms with Crippen molar-refractivity contribution in [2.75, 3.05) is 12.3 Å². The number of hydrogen-bond acceptors (Lipinski definition) is 2. The van der Waals surface area contributed by atoms with E-state index in [0.29, 0.717) is 22.9 Å². The van der Waals surface area contributed by atoms with Gasteiger partial charge in [-0.05, 0) is 23.8 Å². The minimum absolute atomic E-state index is 0.258. The van der Waals surface area contributed by atoms with E-state index in [2.05, 4.69) is 0 Å². The number of benzene rings is 1. The van der Waals surface area contributed by atoms with E-state index in [-0.39, 0.29) is 11.6 Å². The van der Waals surface area contributed by atoms with Crippen LogP contribution in [-0.2, 0) is 16.6 Å². The van der Waals surface area contributed by atoms with Crippen molar-refractivity contribution in [2.24, 2.45) is 5.73 Å². The summed E-state index contributed by atoms with van der Waals surface area (Å²) in [6.45, 7) is 0.361. The molecule has 0 fully saturated rings. The van der Waals surface area contributed by atoms with Crippen LogP contribution in [0.1, 0.15) is 5.56 Å². The normalized spacial score (nSPS) is 12.8. The maximum atomic E-state index is 12.8. The summed E-state index contributed by atoms with van der Waals surface area (Å²) in [4.78, 5) is 0. The van der Waals surface area contributed by atoms with Gasteiger partial charge in [0.2, 0.25) is 0 Å². The Morgan fingerprint density at radius 1 is 1.50 bits per heavy atom. The van der Waals surface area contributed by atoms with Gasteiger partial charge in [0.1, 0.15) is 5.82 Å². The lowest BCUT2D eigenvalue weighted by molar-refractivity contribution is 0.626. The van der Waals surface area contributed by atoms with Crippen molar-refractivity contribution >= 4 is 22.4 Å². The average Bonchev–Trinajstić information content (AvgIpc) is 2.12. The molecule has 0 aliphatic carbocycles. The molecule has 0 heterocycles. The van der Waals surface area contributed by atoms with Gasteiger partial charge in [0.15, 0.2) is 0 Å². The van der Waals surface area contributed by atoms with E-state index in [9.17, 15) is 8.60 Å². The fourth-order valence-electron chi connectivity index (χ4n) is 1.03. The van der Waals surface area contributed by atoms with E-state index < -0.39 is 10.8 Å². The average molecular weight is 236 g/mol. The van der Waals surface area contributed by atoms with Gasteiger partial charge in [0, 0.05) is 28.1 Å². The van der Waals surface area contributed by atoms with Crippen LogP contribution in [0.25, 0.3) is 0 Å². The first-order valence-corrected chi connectivity index (χ1v) is 5.99. The van der Waals surface area contributed by atoms with Crippen molar-refractivity contribution in [3.63, 3.8) is 0 Å². The maximum absolute atomic E-state index is 12.8. The van der Waals surface area contributed by atoms with Crippen molar-refractivity contribution in [1.29, 1.82) is 0 Å². The summed E-state index contributed by atoms with van der Waals surface area (Å²) in [5.74, 6) is 0.301. The summed E-state index contributed by atoms with van der Waals surface area (Å²) < 4.78 is 24.1. The molecule has 1 aromatic rings. The Labute approximate surface area is 89.7 Å². The molecule has 0 spiro atoms. The topological polar surface area (TPSA) is 43.1 Å². The summed E-state index contributed by atoms with van der Waals surface area (Å²) >= 11 is 5.81. The second kappa shape index (κ2) is 5.44. The molecule has 1 atom stereocenters. The highest BCUT2D eigenvalue weighted by Gasteiger charge is 2.06. The molecule has 5 heteroatoms. The Balaban J connectivity index is 2.75. The zero-order valence-electron chi connectivity index (χ0n) is 7.50. The molecule has 0 aromatic heterocycles. The standard InChI is InChI=1S/C9H11ClFNOS/c10-9-2-1-8(11)5-7(9)6-14(13)4-3-12/h1-2,5H,3-4,6,12H2.